The van der Waals surface area contributed by atoms with Gasteiger partial charge in [0, 0.05) is 31.1 Å². The molecule has 0 saturated carbocycles. The fraction of sp³-hybridized carbons (Fsp3) is 0.500. The van der Waals surface area contributed by atoms with E-state index in [4.69, 9.17) is 16.3 Å². The van der Waals surface area contributed by atoms with E-state index in [1.807, 2.05) is 12.1 Å². The summed E-state index contributed by atoms with van der Waals surface area (Å²) in [6.45, 7) is 3.07. The smallest absolute Gasteiger partial charge is 0.251 e. The number of nitrogens with one attached hydrogen (secondary N) is 1. The summed E-state index contributed by atoms with van der Waals surface area (Å²) in [5.41, 5.74) is 1.66. The van der Waals surface area contributed by atoms with Crippen LogP contribution < -0.4 is 5.32 Å². The summed E-state index contributed by atoms with van der Waals surface area (Å²) in [7, 11) is 2.06. The number of rotatable bonds is 4. The lowest BCUT2D eigenvalue weighted by molar-refractivity contribution is -0.0175. The minimum Gasteiger partial charge on any atom is -0.374 e. The van der Waals surface area contributed by atoms with E-state index in [2.05, 4.69) is 17.3 Å². The van der Waals surface area contributed by atoms with Crippen LogP contribution in [-0.4, -0.2) is 50.2 Å². The molecule has 0 spiro atoms. The van der Waals surface area contributed by atoms with Crippen molar-refractivity contribution < 1.29 is 9.53 Å². The second kappa shape index (κ2) is 6.89. The summed E-state index contributed by atoms with van der Waals surface area (Å²) in [5, 5.41) is 2.90. The van der Waals surface area contributed by atoms with Crippen molar-refractivity contribution in [3.05, 3.63) is 35.4 Å². The van der Waals surface area contributed by atoms with E-state index < -0.39 is 0 Å². The highest BCUT2D eigenvalue weighted by molar-refractivity contribution is 6.17. The van der Waals surface area contributed by atoms with Crippen molar-refractivity contribution in [2.45, 2.75) is 12.0 Å². The lowest BCUT2D eigenvalue weighted by atomic mass is 10.1. The first-order valence-electron chi connectivity index (χ1n) is 6.42. The van der Waals surface area contributed by atoms with Gasteiger partial charge in [-0.05, 0) is 24.7 Å². The molecule has 1 aliphatic heterocycles. The summed E-state index contributed by atoms with van der Waals surface area (Å²) < 4.78 is 5.60. The molecule has 1 saturated heterocycles. The highest BCUT2D eigenvalue weighted by Crippen LogP contribution is 2.07. The van der Waals surface area contributed by atoms with Gasteiger partial charge in [-0.3, -0.25) is 4.79 Å². The molecule has 0 bridgehead atoms. The van der Waals surface area contributed by atoms with Gasteiger partial charge in [-0.2, -0.15) is 0 Å². The zero-order chi connectivity index (χ0) is 13.7. The van der Waals surface area contributed by atoms with E-state index in [0.717, 1.165) is 25.3 Å². The van der Waals surface area contributed by atoms with E-state index in [-0.39, 0.29) is 12.0 Å². The molecule has 1 fully saturated rings. The molecule has 1 N–H and O–H groups in total. The number of carbonyl (C=O) groups is 1. The molecule has 104 valence electrons. The Hall–Kier alpha value is -1.10. The molecule has 5 heteroatoms. The minimum absolute atomic E-state index is 0.0713. The maximum absolute atomic E-state index is 12.0. The molecule has 1 amide bonds. The van der Waals surface area contributed by atoms with Crippen LogP contribution in [0.1, 0.15) is 15.9 Å². The van der Waals surface area contributed by atoms with E-state index in [9.17, 15) is 4.79 Å². The first-order valence-corrected chi connectivity index (χ1v) is 6.95. The monoisotopic (exact) mass is 282 g/mol. The van der Waals surface area contributed by atoms with Crippen molar-refractivity contribution >= 4 is 17.5 Å². The number of morpholine rings is 1. The van der Waals surface area contributed by atoms with Crippen LogP contribution in [0.3, 0.4) is 0 Å². The number of nitrogens with zero attached hydrogens (tertiary/aromatic N) is 1. The van der Waals surface area contributed by atoms with E-state index in [0.29, 0.717) is 18.0 Å². The first-order chi connectivity index (χ1) is 9.19. The maximum atomic E-state index is 12.0. The van der Waals surface area contributed by atoms with Crippen molar-refractivity contribution in [1.29, 1.82) is 0 Å². The summed E-state index contributed by atoms with van der Waals surface area (Å²) in [5.74, 6) is 0.391. The molecular formula is C14H19ClN2O2. The third-order valence-corrected chi connectivity index (χ3v) is 3.51. The van der Waals surface area contributed by atoms with Crippen molar-refractivity contribution in [1.82, 2.24) is 10.2 Å². The van der Waals surface area contributed by atoms with Gasteiger partial charge in [0.15, 0.2) is 0 Å². The average molecular weight is 283 g/mol. The molecule has 1 aliphatic rings. The number of halogens is 1. The molecule has 0 aliphatic carbocycles. The summed E-state index contributed by atoms with van der Waals surface area (Å²) in [4.78, 5) is 14.2. The van der Waals surface area contributed by atoms with Gasteiger partial charge in [0.2, 0.25) is 0 Å². The van der Waals surface area contributed by atoms with Crippen LogP contribution >= 0.6 is 11.6 Å². The van der Waals surface area contributed by atoms with Gasteiger partial charge in [0.05, 0.1) is 12.7 Å². The van der Waals surface area contributed by atoms with Crippen molar-refractivity contribution in [3.63, 3.8) is 0 Å². The Morgan fingerprint density at radius 2 is 2.21 bits per heavy atom. The molecule has 1 aromatic rings. The third-order valence-electron chi connectivity index (χ3n) is 3.20. The van der Waals surface area contributed by atoms with Gasteiger partial charge in [0.1, 0.15) is 0 Å². The van der Waals surface area contributed by atoms with Crippen LogP contribution in [0.4, 0.5) is 0 Å². The van der Waals surface area contributed by atoms with Crippen LogP contribution in [0.2, 0.25) is 0 Å². The maximum Gasteiger partial charge on any atom is 0.251 e. The highest BCUT2D eigenvalue weighted by atomic mass is 35.5. The van der Waals surface area contributed by atoms with Crippen molar-refractivity contribution in [2.75, 3.05) is 33.3 Å². The molecule has 0 aromatic heterocycles. The lowest BCUT2D eigenvalue weighted by Crippen LogP contribution is -2.45. The molecule has 2 rings (SSSR count). The number of amides is 1. The summed E-state index contributed by atoms with van der Waals surface area (Å²) >= 11 is 5.71. The van der Waals surface area contributed by atoms with Gasteiger partial charge in [-0.15, -0.1) is 11.6 Å². The standard InChI is InChI=1S/C14H19ClN2O2/c1-17-6-7-19-13(10-17)9-16-14(18)12-4-2-11(8-15)3-5-12/h2-5,13H,6-10H2,1H3,(H,16,18). The Kier molecular flexibility index (Phi) is 5.19. The number of alkyl halides is 1. The van der Waals surface area contributed by atoms with Crippen molar-refractivity contribution in [3.8, 4) is 0 Å². The summed E-state index contributed by atoms with van der Waals surface area (Å²) in [6, 6.07) is 7.32. The average Bonchev–Trinajstić information content (AvgIpc) is 2.45. The normalized spacial score (nSPS) is 20.2. The SMILES string of the molecule is CN1CCOC(CNC(=O)c2ccc(CCl)cc2)C1. The van der Waals surface area contributed by atoms with Crippen LogP contribution in [0, 0.1) is 0 Å². The van der Waals surface area contributed by atoms with Gasteiger partial charge >= 0.3 is 0 Å². The number of ether oxygens (including phenoxy) is 1. The molecule has 4 nitrogen and oxygen atoms in total. The number of hydrogen-bond acceptors (Lipinski definition) is 3. The van der Waals surface area contributed by atoms with Gasteiger partial charge < -0.3 is 15.0 Å². The molecule has 1 atom stereocenters. The van der Waals surface area contributed by atoms with Crippen LogP contribution in [0.25, 0.3) is 0 Å². The quantitative estimate of drug-likeness (QED) is 0.851. The number of hydrogen-bond donors (Lipinski definition) is 1. The Morgan fingerprint density at radius 3 is 2.84 bits per heavy atom. The van der Waals surface area contributed by atoms with E-state index >= 15 is 0 Å². The molecule has 0 radical (unpaired) electrons. The molecular weight excluding hydrogens is 264 g/mol. The third kappa shape index (κ3) is 4.20. The Labute approximate surface area is 118 Å². The fourth-order valence-corrected chi connectivity index (χ4v) is 2.22. The van der Waals surface area contributed by atoms with Gasteiger partial charge in [-0.1, -0.05) is 12.1 Å². The summed E-state index contributed by atoms with van der Waals surface area (Å²) in [6.07, 6.45) is 0.0739. The fourth-order valence-electron chi connectivity index (χ4n) is 2.04. The number of benzene rings is 1. The van der Waals surface area contributed by atoms with Crippen LogP contribution in [-0.2, 0) is 10.6 Å². The first kappa shape index (κ1) is 14.3. The largest absolute Gasteiger partial charge is 0.374 e. The minimum atomic E-state index is -0.0713. The number of carbonyl (C=O) groups excluding carboxylic acids is 1. The predicted molar refractivity (Wildman–Crippen MR) is 75.6 cm³/mol. The zero-order valence-electron chi connectivity index (χ0n) is 11.1. The second-order valence-corrected chi connectivity index (χ2v) is 5.06. The molecule has 1 unspecified atom stereocenters. The van der Waals surface area contributed by atoms with Gasteiger partial charge in [0.25, 0.3) is 5.91 Å². The van der Waals surface area contributed by atoms with Crippen molar-refractivity contribution in [2.24, 2.45) is 0 Å². The van der Waals surface area contributed by atoms with E-state index in [1.54, 1.807) is 12.1 Å². The zero-order valence-corrected chi connectivity index (χ0v) is 11.8. The molecule has 1 heterocycles. The van der Waals surface area contributed by atoms with Gasteiger partial charge in [-0.25, -0.2) is 0 Å². The van der Waals surface area contributed by atoms with Crippen LogP contribution in [0.15, 0.2) is 24.3 Å². The molecule has 19 heavy (non-hydrogen) atoms. The van der Waals surface area contributed by atoms with E-state index in [1.165, 1.54) is 0 Å². The Bertz CT molecular complexity index is 422. The Balaban J connectivity index is 1.83. The molecule has 1 aromatic carbocycles. The second-order valence-electron chi connectivity index (χ2n) is 4.80. The van der Waals surface area contributed by atoms with Crippen LogP contribution in [0.5, 0.6) is 0 Å². The number of likely N-dealkylation sites (N-methyl/N-ethyl adjacent to an activating group) is 1. The lowest BCUT2D eigenvalue weighted by Gasteiger charge is -2.30. The Morgan fingerprint density at radius 1 is 1.47 bits per heavy atom. The predicted octanol–water partition coefficient (Wildman–Crippen LogP) is 1.49. The highest BCUT2D eigenvalue weighted by Gasteiger charge is 2.18. The topological polar surface area (TPSA) is 41.6 Å².